The smallest absolute Gasteiger partial charge is 0.251 e. The minimum absolute atomic E-state index is 0.172. The van der Waals surface area contributed by atoms with Crippen molar-refractivity contribution in [2.75, 3.05) is 11.9 Å². The predicted molar refractivity (Wildman–Crippen MR) is 101 cm³/mol. The van der Waals surface area contributed by atoms with Crippen molar-refractivity contribution in [3.8, 4) is 0 Å². The summed E-state index contributed by atoms with van der Waals surface area (Å²) in [5.41, 5.74) is 2.92. The van der Waals surface area contributed by atoms with Crippen molar-refractivity contribution in [2.45, 2.75) is 38.6 Å². The van der Waals surface area contributed by atoms with Crippen LogP contribution in [-0.2, 0) is 6.54 Å². The van der Waals surface area contributed by atoms with Crippen molar-refractivity contribution >= 4 is 11.7 Å². The highest BCUT2D eigenvalue weighted by Gasteiger charge is 2.08. The summed E-state index contributed by atoms with van der Waals surface area (Å²) in [7, 11) is 0. The Bertz CT molecular complexity index is 771. The van der Waals surface area contributed by atoms with Crippen LogP contribution in [0.3, 0.4) is 0 Å². The van der Waals surface area contributed by atoms with Crippen LogP contribution in [0.2, 0.25) is 0 Å². The third kappa shape index (κ3) is 5.41. The molecule has 0 aliphatic heterocycles. The van der Waals surface area contributed by atoms with Crippen molar-refractivity contribution < 1.29 is 9.18 Å². The van der Waals surface area contributed by atoms with Crippen LogP contribution >= 0.6 is 0 Å². The van der Waals surface area contributed by atoms with Crippen molar-refractivity contribution in [3.63, 3.8) is 0 Å². The summed E-state index contributed by atoms with van der Waals surface area (Å²) < 4.78 is 12.9. The topological polar surface area (TPSA) is 54.0 Å². The van der Waals surface area contributed by atoms with Crippen LogP contribution < -0.4 is 10.6 Å². The first-order valence-electron chi connectivity index (χ1n) is 9.11. The van der Waals surface area contributed by atoms with Gasteiger partial charge < -0.3 is 10.6 Å². The largest absolute Gasteiger partial charge is 0.370 e. The first kappa shape index (κ1) is 18.1. The van der Waals surface area contributed by atoms with Gasteiger partial charge in [-0.3, -0.25) is 4.79 Å². The van der Waals surface area contributed by atoms with Crippen molar-refractivity contribution in [1.82, 2.24) is 10.3 Å². The van der Waals surface area contributed by atoms with Crippen LogP contribution in [0.15, 0.2) is 54.2 Å². The number of hydrogen-bond donors (Lipinski definition) is 2. The Kier molecular flexibility index (Phi) is 6.36. The average Bonchev–Trinajstić information content (AvgIpc) is 2.68. The fourth-order valence-corrected chi connectivity index (χ4v) is 3.04. The number of pyridine rings is 1. The van der Waals surface area contributed by atoms with Crippen LogP contribution in [0, 0.1) is 5.82 Å². The van der Waals surface area contributed by atoms with Gasteiger partial charge in [0, 0.05) is 24.8 Å². The van der Waals surface area contributed by atoms with Gasteiger partial charge in [0.15, 0.2) is 0 Å². The monoisotopic (exact) mass is 353 g/mol. The maximum atomic E-state index is 12.9. The number of anilines is 1. The van der Waals surface area contributed by atoms with Gasteiger partial charge in [0.2, 0.25) is 0 Å². The van der Waals surface area contributed by atoms with Crippen molar-refractivity contribution in [1.29, 1.82) is 0 Å². The summed E-state index contributed by atoms with van der Waals surface area (Å²) in [5.74, 6) is 0.250. The molecule has 26 heavy (non-hydrogen) atoms. The number of hydrogen-bond acceptors (Lipinski definition) is 3. The first-order valence-corrected chi connectivity index (χ1v) is 9.11. The van der Waals surface area contributed by atoms with Gasteiger partial charge in [-0.1, -0.05) is 23.8 Å². The Labute approximate surface area is 153 Å². The highest BCUT2D eigenvalue weighted by Crippen LogP contribution is 2.20. The van der Waals surface area contributed by atoms with Gasteiger partial charge in [0.05, 0.1) is 0 Å². The molecular formula is C21H24FN3O. The Morgan fingerprint density at radius 3 is 2.77 bits per heavy atom. The molecule has 0 unspecified atom stereocenters. The Hall–Kier alpha value is -2.69. The van der Waals surface area contributed by atoms with E-state index in [-0.39, 0.29) is 11.7 Å². The number of rotatable bonds is 7. The van der Waals surface area contributed by atoms with E-state index in [2.05, 4.69) is 21.7 Å². The summed E-state index contributed by atoms with van der Waals surface area (Å²) in [6.07, 6.45) is 9.97. The normalized spacial score (nSPS) is 13.8. The minimum atomic E-state index is -0.283. The molecule has 1 amide bonds. The lowest BCUT2D eigenvalue weighted by molar-refractivity contribution is 0.0951. The molecule has 1 aliphatic carbocycles. The number of halogens is 1. The zero-order valence-electron chi connectivity index (χ0n) is 14.8. The van der Waals surface area contributed by atoms with E-state index in [1.54, 1.807) is 30.5 Å². The third-order valence-corrected chi connectivity index (χ3v) is 4.53. The molecule has 3 rings (SSSR count). The van der Waals surface area contributed by atoms with E-state index in [1.165, 1.54) is 43.4 Å². The zero-order chi connectivity index (χ0) is 18.2. The van der Waals surface area contributed by atoms with E-state index < -0.39 is 0 Å². The lowest BCUT2D eigenvalue weighted by Gasteiger charge is -2.13. The van der Waals surface area contributed by atoms with Crippen LogP contribution in [0.4, 0.5) is 10.2 Å². The zero-order valence-corrected chi connectivity index (χ0v) is 14.8. The van der Waals surface area contributed by atoms with Gasteiger partial charge in [-0.15, -0.1) is 0 Å². The highest BCUT2D eigenvalue weighted by molar-refractivity contribution is 5.94. The van der Waals surface area contributed by atoms with Crippen molar-refractivity contribution in [3.05, 3.63) is 71.2 Å². The molecule has 0 fully saturated rings. The second kappa shape index (κ2) is 9.13. The molecule has 136 valence electrons. The molecule has 0 saturated heterocycles. The second-order valence-electron chi connectivity index (χ2n) is 6.52. The molecule has 0 atom stereocenters. The quantitative estimate of drug-likeness (QED) is 0.723. The fraction of sp³-hybridized carbons (Fsp3) is 0.333. The average molecular weight is 353 g/mol. The Balaban J connectivity index is 1.50. The summed E-state index contributed by atoms with van der Waals surface area (Å²) in [5, 5.41) is 6.14. The number of aromatic nitrogens is 1. The molecule has 0 bridgehead atoms. The van der Waals surface area contributed by atoms with Gasteiger partial charge in [-0.2, -0.15) is 0 Å². The van der Waals surface area contributed by atoms with Crippen LogP contribution in [0.5, 0.6) is 0 Å². The summed E-state index contributed by atoms with van der Waals surface area (Å²) >= 11 is 0. The molecule has 5 heteroatoms. The SMILES string of the molecule is O=C(NCc1ccc(F)cc1)c1ccnc(NCCC2=CCCCC2)c1. The first-order chi connectivity index (χ1) is 12.7. The predicted octanol–water partition coefficient (Wildman–Crippen LogP) is 4.45. The molecule has 0 saturated carbocycles. The second-order valence-corrected chi connectivity index (χ2v) is 6.52. The van der Waals surface area contributed by atoms with E-state index in [0.717, 1.165) is 18.5 Å². The molecular weight excluding hydrogens is 329 g/mol. The summed E-state index contributed by atoms with van der Waals surface area (Å²) in [6.45, 7) is 1.18. The molecule has 0 spiro atoms. The number of carbonyl (C=O) groups is 1. The number of carbonyl (C=O) groups excluding carboxylic acids is 1. The van der Waals surface area contributed by atoms with Crippen LogP contribution in [-0.4, -0.2) is 17.4 Å². The van der Waals surface area contributed by atoms with Gasteiger partial charge in [-0.05, 0) is 61.9 Å². The molecule has 0 radical (unpaired) electrons. The van der Waals surface area contributed by atoms with Crippen LogP contribution in [0.25, 0.3) is 0 Å². The molecule has 1 aromatic carbocycles. The lowest BCUT2D eigenvalue weighted by atomic mass is 9.97. The fourth-order valence-electron chi connectivity index (χ4n) is 3.04. The maximum absolute atomic E-state index is 12.9. The number of benzene rings is 1. The molecule has 4 nitrogen and oxygen atoms in total. The number of allylic oxidation sites excluding steroid dienone is 1. The van der Waals surface area contributed by atoms with E-state index in [4.69, 9.17) is 0 Å². The standard InChI is InChI=1S/C21H24FN3O/c22-19-8-6-17(7-9-19)15-25-21(26)18-11-13-24-20(14-18)23-12-10-16-4-2-1-3-5-16/h4,6-9,11,13-14H,1-3,5,10,12,15H2,(H,23,24)(H,25,26). The number of nitrogens with one attached hydrogen (secondary N) is 2. The Morgan fingerprint density at radius 1 is 1.15 bits per heavy atom. The molecule has 1 aliphatic rings. The molecule has 2 aromatic rings. The summed E-state index contributed by atoms with van der Waals surface area (Å²) in [4.78, 5) is 16.6. The third-order valence-electron chi connectivity index (χ3n) is 4.53. The van der Waals surface area contributed by atoms with E-state index in [0.29, 0.717) is 17.9 Å². The van der Waals surface area contributed by atoms with E-state index >= 15 is 0 Å². The Morgan fingerprint density at radius 2 is 2.00 bits per heavy atom. The van der Waals surface area contributed by atoms with Gasteiger partial charge in [-0.25, -0.2) is 9.37 Å². The lowest BCUT2D eigenvalue weighted by Crippen LogP contribution is -2.23. The molecule has 1 heterocycles. The van der Waals surface area contributed by atoms with Crippen LogP contribution in [0.1, 0.15) is 48.0 Å². The van der Waals surface area contributed by atoms with Gasteiger partial charge in [0.1, 0.15) is 11.6 Å². The molecule has 1 aromatic heterocycles. The van der Waals surface area contributed by atoms with Gasteiger partial charge in [0.25, 0.3) is 5.91 Å². The van der Waals surface area contributed by atoms with E-state index in [9.17, 15) is 9.18 Å². The summed E-state index contributed by atoms with van der Waals surface area (Å²) in [6, 6.07) is 9.55. The number of amides is 1. The van der Waals surface area contributed by atoms with Crippen molar-refractivity contribution in [2.24, 2.45) is 0 Å². The minimum Gasteiger partial charge on any atom is -0.370 e. The van der Waals surface area contributed by atoms with E-state index in [1.807, 2.05) is 0 Å². The van der Waals surface area contributed by atoms with Gasteiger partial charge >= 0.3 is 0 Å². The number of nitrogens with zero attached hydrogens (tertiary/aromatic N) is 1. The maximum Gasteiger partial charge on any atom is 0.251 e. The molecule has 2 N–H and O–H groups in total. The highest BCUT2D eigenvalue weighted by atomic mass is 19.1.